The Bertz CT molecular complexity index is 684. The standard InChI is InChI=1S/C14H16BrN3O2/c1-14(2,3)20-13(19)18-8-10(15)12-9(7-17-16)5-4-6-11(12)18/h4-8H,16H2,1-3H3. The second kappa shape index (κ2) is 5.28. The highest BCUT2D eigenvalue weighted by Crippen LogP contribution is 2.29. The summed E-state index contributed by atoms with van der Waals surface area (Å²) < 4.78 is 7.65. The Kier molecular flexibility index (Phi) is 3.85. The molecule has 1 heterocycles. The number of carbonyl (C=O) groups is 1. The minimum Gasteiger partial charge on any atom is -0.443 e. The molecule has 0 radical (unpaired) electrons. The van der Waals surface area contributed by atoms with Gasteiger partial charge in [0.15, 0.2) is 0 Å². The Morgan fingerprint density at radius 3 is 2.75 bits per heavy atom. The van der Waals surface area contributed by atoms with Crippen molar-refractivity contribution in [3.63, 3.8) is 0 Å². The zero-order chi connectivity index (χ0) is 14.9. The average molecular weight is 338 g/mol. The Hall–Kier alpha value is -1.82. The zero-order valence-electron chi connectivity index (χ0n) is 11.6. The van der Waals surface area contributed by atoms with Crippen molar-refractivity contribution in [1.29, 1.82) is 0 Å². The molecule has 0 aliphatic rings. The molecule has 1 aromatic carbocycles. The van der Waals surface area contributed by atoms with E-state index in [0.717, 1.165) is 20.9 Å². The van der Waals surface area contributed by atoms with E-state index in [1.54, 1.807) is 12.4 Å². The molecule has 0 atom stereocenters. The van der Waals surface area contributed by atoms with Crippen LogP contribution >= 0.6 is 15.9 Å². The van der Waals surface area contributed by atoms with Gasteiger partial charge in [0.05, 0.1) is 11.7 Å². The van der Waals surface area contributed by atoms with E-state index in [1.807, 2.05) is 39.0 Å². The highest BCUT2D eigenvalue weighted by atomic mass is 79.9. The predicted octanol–water partition coefficient (Wildman–Crippen LogP) is 3.48. The summed E-state index contributed by atoms with van der Waals surface area (Å²) in [7, 11) is 0. The number of ether oxygens (including phenoxy) is 1. The van der Waals surface area contributed by atoms with Gasteiger partial charge in [-0.05, 0) is 42.8 Å². The van der Waals surface area contributed by atoms with Gasteiger partial charge in [-0.3, -0.25) is 4.57 Å². The zero-order valence-corrected chi connectivity index (χ0v) is 13.1. The summed E-state index contributed by atoms with van der Waals surface area (Å²) in [6.07, 6.45) is 2.81. The van der Waals surface area contributed by atoms with Gasteiger partial charge in [0.2, 0.25) is 0 Å². The maximum atomic E-state index is 12.2. The lowest BCUT2D eigenvalue weighted by Crippen LogP contribution is -2.26. The second-order valence-electron chi connectivity index (χ2n) is 5.35. The third-order valence-electron chi connectivity index (χ3n) is 2.62. The molecule has 0 saturated heterocycles. The van der Waals surface area contributed by atoms with Crippen molar-refractivity contribution in [2.24, 2.45) is 10.9 Å². The van der Waals surface area contributed by atoms with Crippen LogP contribution in [0.5, 0.6) is 0 Å². The third kappa shape index (κ3) is 2.85. The highest BCUT2D eigenvalue weighted by molar-refractivity contribution is 9.10. The van der Waals surface area contributed by atoms with Crippen molar-refractivity contribution in [3.05, 3.63) is 34.4 Å². The first kappa shape index (κ1) is 14.6. The molecule has 2 rings (SSSR count). The normalized spacial score (nSPS) is 12.2. The largest absolute Gasteiger partial charge is 0.443 e. The monoisotopic (exact) mass is 337 g/mol. The van der Waals surface area contributed by atoms with E-state index >= 15 is 0 Å². The summed E-state index contributed by atoms with van der Waals surface area (Å²) in [6, 6.07) is 5.56. The molecule has 2 aromatic rings. The highest BCUT2D eigenvalue weighted by Gasteiger charge is 2.20. The van der Waals surface area contributed by atoms with Crippen molar-refractivity contribution in [2.75, 3.05) is 0 Å². The number of hydrogen-bond acceptors (Lipinski definition) is 4. The van der Waals surface area contributed by atoms with Crippen LogP contribution in [0.1, 0.15) is 26.3 Å². The van der Waals surface area contributed by atoms with Crippen LogP contribution in [0.3, 0.4) is 0 Å². The summed E-state index contributed by atoms with van der Waals surface area (Å²) in [5.41, 5.74) is 1.03. The number of hydrazone groups is 1. The van der Waals surface area contributed by atoms with Gasteiger partial charge >= 0.3 is 6.09 Å². The summed E-state index contributed by atoms with van der Waals surface area (Å²) in [4.78, 5) is 12.2. The molecule has 2 N–H and O–H groups in total. The van der Waals surface area contributed by atoms with Gasteiger partial charge in [0, 0.05) is 21.6 Å². The fourth-order valence-electron chi connectivity index (χ4n) is 1.92. The van der Waals surface area contributed by atoms with E-state index in [0.29, 0.717) is 0 Å². The van der Waals surface area contributed by atoms with Crippen LogP contribution in [0.2, 0.25) is 0 Å². The molecular formula is C14H16BrN3O2. The maximum Gasteiger partial charge on any atom is 0.419 e. The number of hydrogen-bond donors (Lipinski definition) is 1. The number of halogens is 1. The molecule has 0 fully saturated rings. The minimum atomic E-state index is -0.545. The van der Waals surface area contributed by atoms with E-state index in [1.165, 1.54) is 4.57 Å². The lowest BCUT2D eigenvalue weighted by atomic mass is 10.1. The van der Waals surface area contributed by atoms with E-state index < -0.39 is 11.7 Å². The van der Waals surface area contributed by atoms with Gasteiger partial charge in [0.1, 0.15) is 5.60 Å². The van der Waals surface area contributed by atoms with Gasteiger partial charge in [-0.1, -0.05) is 12.1 Å². The SMILES string of the molecule is CC(C)(C)OC(=O)n1cc(Br)c2c(C=NN)cccc21. The topological polar surface area (TPSA) is 69.6 Å². The van der Waals surface area contributed by atoms with Gasteiger partial charge in [-0.15, -0.1) is 0 Å². The maximum absolute atomic E-state index is 12.2. The Balaban J connectivity index is 2.57. The number of nitrogens with zero attached hydrogens (tertiary/aromatic N) is 2. The van der Waals surface area contributed by atoms with Crippen molar-refractivity contribution in [3.8, 4) is 0 Å². The van der Waals surface area contributed by atoms with Crippen LogP contribution in [0.25, 0.3) is 10.9 Å². The Morgan fingerprint density at radius 1 is 1.45 bits per heavy atom. The van der Waals surface area contributed by atoms with Gasteiger partial charge in [-0.25, -0.2) is 4.79 Å². The minimum absolute atomic E-state index is 0.421. The van der Waals surface area contributed by atoms with Crippen LogP contribution in [-0.2, 0) is 4.74 Å². The average Bonchev–Trinajstić information content (AvgIpc) is 2.66. The van der Waals surface area contributed by atoms with Crippen molar-refractivity contribution in [1.82, 2.24) is 4.57 Å². The fraction of sp³-hybridized carbons (Fsp3) is 0.286. The predicted molar refractivity (Wildman–Crippen MR) is 83.1 cm³/mol. The summed E-state index contributed by atoms with van der Waals surface area (Å²) in [5.74, 6) is 5.21. The van der Waals surface area contributed by atoms with Crippen LogP contribution in [-0.4, -0.2) is 22.5 Å². The van der Waals surface area contributed by atoms with Crippen LogP contribution in [0.15, 0.2) is 34.0 Å². The molecule has 0 saturated carbocycles. The van der Waals surface area contributed by atoms with E-state index in [-0.39, 0.29) is 0 Å². The molecule has 0 aliphatic heterocycles. The molecule has 1 aromatic heterocycles. The molecule has 5 nitrogen and oxygen atoms in total. The van der Waals surface area contributed by atoms with Crippen LogP contribution < -0.4 is 5.84 Å². The fourth-order valence-corrected chi connectivity index (χ4v) is 2.55. The van der Waals surface area contributed by atoms with Crippen LogP contribution in [0.4, 0.5) is 4.79 Å². The van der Waals surface area contributed by atoms with Gasteiger partial charge in [0.25, 0.3) is 0 Å². The first-order chi connectivity index (χ1) is 9.33. The number of fused-ring (bicyclic) bond motifs is 1. The Morgan fingerprint density at radius 2 is 2.15 bits per heavy atom. The van der Waals surface area contributed by atoms with Crippen molar-refractivity contribution in [2.45, 2.75) is 26.4 Å². The summed E-state index contributed by atoms with van der Waals surface area (Å²) in [5, 5.41) is 4.41. The van der Waals surface area contributed by atoms with E-state index in [2.05, 4.69) is 21.0 Å². The second-order valence-corrected chi connectivity index (χ2v) is 6.20. The molecule has 106 valence electrons. The molecule has 0 amide bonds. The molecular weight excluding hydrogens is 322 g/mol. The molecule has 0 unspecified atom stereocenters. The molecule has 6 heteroatoms. The van der Waals surface area contributed by atoms with E-state index in [9.17, 15) is 4.79 Å². The first-order valence-electron chi connectivity index (χ1n) is 6.09. The number of benzene rings is 1. The summed E-state index contributed by atoms with van der Waals surface area (Å²) >= 11 is 3.46. The lowest BCUT2D eigenvalue weighted by Gasteiger charge is -2.19. The van der Waals surface area contributed by atoms with E-state index in [4.69, 9.17) is 10.6 Å². The molecule has 0 bridgehead atoms. The molecule has 0 aliphatic carbocycles. The Labute approximate surface area is 125 Å². The first-order valence-corrected chi connectivity index (χ1v) is 6.89. The number of aromatic nitrogens is 1. The molecule has 20 heavy (non-hydrogen) atoms. The van der Waals surface area contributed by atoms with Crippen molar-refractivity contribution < 1.29 is 9.53 Å². The summed E-state index contributed by atoms with van der Waals surface area (Å²) in [6.45, 7) is 5.49. The number of nitrogens with two attached hydrogens (primary N) is 1. The smallest absolute Gasteiger partial charge is 0.419 e. The molecule has 0 spiro atoms. The lowest BCUT2D eigenvalue weighted by molar-refractivity contribution is 0.0544. The number of rotatable bonds is 1. The number of carbonyl (C=O) groups excluding carboxylic acids is 1. The third-order valence-corrected chi connectivity index (χ3v) is 3.22. The van der Waals surface area contributed by atoms with Gasteiger partial charge in [-0.2, -0.15) is 5.10 Å². The van der Waals surface area contributed by atoms with Gasteiger partial charge < -0.3 is 10.6 Å². The van der Waals surface area contributed by atoms with Crippen LogP contribution in [0, 0.1) is 0 Å². The quantitative estimate of drug-likeness (QED) is 0.492. The van der Waals surface area contributed by atoms with Crippen molar-refractivity contribution >= 4 is 39.1 Å².